The van der Waals surface area contributed by atoms with Crippen molar-refractivity contribution >= 4 is 28.0 Å². The predicted octanol–water partition coefficient (Wildman–Crippen LogP) is 1.52. The maximum absolute atomic E-state index is 12.1. The number of nitrogens with one attached hydrogen (secondary N) is 1. The Labute approximate surface area is 137 Å². The van der Waals surface area contributed by atoms with Gasteiger partial charge in [-0.05, 0) is 24.5 Å². The van der Waals surface area contributed by atoms with Crippen molar-refractivity contribution < 1.29 is 4.79 Å². The zero-order valence-electron chi connectivity index (χ0n) is 12.9. The van der Waals surface area contributed by atoms with Crippen molar-refractivity contribution in [3.05, 3.63) is 24.0 Å². The summed E-state index contributed by atoms with van der Waals surface area (Å²) in [6.45, 7) is 1.29. The molecule has 4 heterocycles. The summed E-state index contributed by atoms with van der Waals surface area (Å²) in [7, 11) is 0. The molecular weight excluding hydrogens is 306 g/mol. The second-order valence-electron chi connectivity index (χ2n) is 5.95. The molecule has 1 fully saturated rings. The fourth-order valence-electron chi connectivity index (χ4n) is 3.42. The first-order valence-corrected chi connectivity index (χ1v) is 7.87. The molecule has 24 heavy (non-hydrogen) atoms. The summed E-state index contributed by atoms with van der Waals surface area (Å²) in [5.74, 6) is 0.0433. The molecule has 0 radical (unpaired) electrons. The molecule has 0 spiro atoms. The van der Waals surface area contributed by atoms with Gasteiger partial charge in [0, 0.05) is 36.0 Å². The first kappa shape index (κ1) is 14.5. The van der Waals surface area contributed by atoms with E-state index in [0.29, 0.717) is 24.4 Å². The molecule has 8 heteroatoms. The number of aromatic nitrogens is 5. The van der Waals surface area contributed by atoms with Crippen molar-refractivity contribution in [3.63, 3.8) is 0 Å². The normalized spacial score (nSPS) is 18.0. The number of aromatic amines is 1. The Balaban J connectivity index is 1.77. The van der Waals surface area contributed by atoms with Crippen LogP contribution in [-0.2, 0) is 4.79 Å². The third-order valence-electron chi connectivity index (χ3n) is 4.54. The highest BCUT2D eigenvalue weighted by Crippen LogP contribution is 2.33. The van der Waals surface area contributed by atoms with Gasteiger partial charge in [0.05, 0.1) is 12.3 Å². The molecule has 1 atom stereocenters. The summed E-state index contributed by atoms with van der Waals surface area (Å²) in [5, 5.41) is 27.1. The van der Waals surface area contributed by atoms with Crippen LogP contribution in [0.15, 0.2) is 18.5 Å². The van der Waals surface area contributed by atoms with Crippen molar-refractivity contribution in [3.8, 4) is 6.07 Å². The second-order valence-corrected chi connectivity index (χ2v) is 5.95. The fourth-order valence-corrected chi connectivity index (χ4v) is 3.42. The van der Waals surface area contributed by atoms with Gasteiger partial charge >= 0.3 is 0 Å². The summed E-state index contributed by atoms with van der Waals surface area (Å²) in [4.78, 5) is 16.9. The number of rotatable bonds is 2. The largest absolute Gasteiger partial charge is 0.345 e. The van der Waals surface area contributed by atoms with Gasteiger partial charge in [-0.3, -0.25) is 4.79 Å². The van der Waals surface area contributed by atoms with E-state index >= 15 is 0 Å². The predicted molar refractivity (Wildman–Crippen MR) is 85.8 cm³/mol. The van der Waals surface area contributed by atoms with Crippen LogP contribution in [0.25, 0.3) is 22.1 Å². The molecular formula is C16H15N7O. The Bertz CT molecular complexity index is 958. The number of piperidine rings is 1. The lowest BCUT2D eigenvalue weighted by Crippen LogP contribution is -2.38. The number of nitriles is 1. The van der Waals surface area contributed by atoms with Gasteiger partial charge in [-0.15, -0.1) is 15.3 Å². The second kappa shape index (κ2) is 5.85. The van der Waals surface area contributed by atoms with Crippen molar-refractivity contribution in [2.75, 3.05) is 13.1 Å². The van der Waals surface area contributed by atoms with Crippen LogP contribution in [0.1, 0.15) is 30.7 Å². The van der Waals surface area contributed by atoms with E-state index in [-0.39, 0.29) is 18.2 Å². The Morgan fingerprint density at radius 1 is 1.42 bits per heavy atom. The van der Waals surface area contributed by atoms with Gasteiger partial charge in [-0.2, -0.15) is 10.4 Å². The van der Waals surface area contributed by atoms with E-state index in [1.54, 1.807) is 11.1 Å². The number of nitrogens with zero attached hydrogens (tertiary/aromatic N) is 6. The number of likely N-dealkylation sites (tertiary alicyclic amines) is 1. The lowest BCUT2D eigenvalue weighted by molar-refractivity contribution is -0.131. The van der Waals surface area contributed by atoms with Gasteiger partial charge in [0.2, 0.25) is 11.6 Å². The van der Waals surface area contributed by atoms with Gasteiger partial charge in [0.25, 0.3) is 0 Å². The molecule has 0 bridgehead atoms. The lowest BCUT2D eigenvalue weighted by atomic mass is 9.89. The number of hydrogen-bond donors (Lipinski definition) is 1. The molecule has 0 saturated carbocycles. The van der Waals surface area contributed by atoms with E-state index in [4.69, 9.17) is 5.26 Å². The van der Waals surface area contributed by atoms with E-state index in [2.05, 4.69) is 25.4 Å². The average Bonchev–Trinajstić information content (AvgIpc) is 3.10. The Hall–Kier alpha value is -3.08. The van der Waals surface area contributed by atoms with Crippen molar-refractivity contribution in [2.45, 2.75) is 25.2 Å². The zero-order chi connectivity index (χ0) is 16.5. The van der Waals surface area contributed by atoms with Crippen LogP contribution in [0, 0.1) is 11.3 Å². The van der Waals surface area contributed by atoms with Gasteiger partial charge < -0.3 is 9.88 Å². The molecule has 3 aromatic rings. The number of fused-ring (bicyclic) bond motifs is 3. The minimum atomic E-state index is -0.111. The van der Waals surface area contributed by atoms with Gasteiger partial charge in [-0.25, -0.2) is 0 Å². The van der Waals surface area contributed by atoms with E-state index in [9.17, 15) is 4.79 Å². The molecule has 1 aliphatic heterocycles. The number of H-pyrrole nitrogens is 1. The Morgan fingerprint density at radius 2 is 2.33 bits per heavy atom. The van der Waals surface area contributed by atoms with Crippen LogP contribution < -0.4 is 0 Å². The molecule has 4 rings (SSSR count). The molecule has 1 unspecified atom stereocenters. The summed E-state index contributed by atoms with van der Waals surface area (Å²) >= 11 is 0. The third kappa shape index (κ3) is 2.34. The van der Waals surface area contributed by atoms with Crippen LogP contribution in [0.2, 0.25) is 0 Å². The molecule has 1 amide bonds. The van der Waals surface area contributed by atoms with Crippen LogP contribution in [0.3, 0.4) is 0 Å². The zero-order valence-corrected chi connectivity index (χ0v) is 12.9. The first-order valence-electron chi connectivity index (χ1n) is 7.87. The van der Waals surface area contributed by atoms with Crippen molar-refractivity contribution in [2.24, 2.45) is 0 Å². The molecule has 1 saturated heterocycles. The smallest absolute Gasteiger partial charge is 0.236 e. The molecule has 1 N–H and O–H groups in total. The molecule has 1 aliphatic rings. The minimum absolute atomic E-state index is 0.0738. The summed E-state index contributed by atoms with van der Waals surface area (Å²) in [5.41, 5.74) is 2.26. The van der Waals surface area contributed by atoms with Crippen molar-refractivity contribution in [1.82, 2.24) is 30.3 Å². The topological polar surface area (TPSA) is 111 Å². The molecule has 3 aromatic heterocycles. The maximum Gasteiger partial charge on any atom is 0.236 e. The number of hydrogen-bond acceptors (Lipinski definition) is 6. The standard InChI is InChI=1S/C16H15N7O/c17-5-3-13(24)23-7-1-2-10(9-23)12-8-19-20-16-14(12)11-4-6-18-15(11)21-22-16/h4,6,8,10H,1-3,7,9H2,(H,18,21). The van der Waals surface area contributed by atoms with E-state index < -0.39 is 0 Å². The van der Waals surface area contributed by atoms with Gasteiger partial charge in [0.1, 0.15) is 6.42 Å². The molecule has 0 aromatic carbocycles. The van der Waals surface area contributed by atoms with E-state index in [1.807, 2.05) is 18.3 Å². The monoisotopic (exact) mass is 321 g/mol. The summed E-state index contributed by atoms with van der Waals surface area (Å²) in [6, 6.07) is 3.89. The van der Waals surface area contributed by atoms with E-state index in [1.165, 1.54) is 0 Å². The minimum Gasteiger partial charge on any atom is -0.345 e. The highest BCUT2D eigenvalue weighted by atomic mass is 16.2. The van der Waals surface area contributed by atoms with E-state index in [0.717, 1.165) is 29.2 Å². The fraction of sp³-hybridized carbons (Fsp3) is 0.375. The highest BCUT2D eigenvalue weighted by Gasteiger charge is 2.27. The summed E-state index contributed by atoms with van der Waals surface area (Å²) in [6.07, 6.45) is 5.38. The highest BCUT2D eigenvalue weighted by molar-refractivity contribution is 6.03. The van der Waals surface area contributed by atoms with Crippen LogP contribution in [0.5, 0.6) is 0 Å². The third-order valence-corrected chi connectivity index (χ3v) is 4.54. The average molecular weight is 321 g/mol. The first-order chi connectivity index (χ1) is 11.8. The molecule has 0 aliphatic carbocycles. The van der Waals surface area contributed by atoms with Gasteiger partial charge in [0.15, 0.2) is 5.65 Å². The maximum atomic E-state index is 12.1. The lowest BCUT2D eigenvalue weighted by Gasteiger charge is -2.32. The van der Waals surface area contributed by atoms with Crippen molar-refractivity contribution in [1.29, 1.82) is 5.26 Å². The SMILES string of the molecule is N#CCC(=O)N1CCCC(c2cnnc3nnc4[nH]ccc4c23)C1. The Kier molecular flexibility index (Phi) is 3.54. The van der Waals surface area contributed by atoms with Crippen LogP contribution >= 0.6 is 0 Å². The number of carbonyl (C=O) groups excluding carboxylic acids is 1. The molecule has 120 valence electrons. The quantitative estimate of drug-likeness (QED) is 0.766. The Morgan fingerprint density at radius 3 is 3.21 bits per heavy atom. The van der Waals surface area contributed by atoms with Crippen LogP contribution in [-0.4, -0.2) is 49.3 Å². The summed E-state index contributed by atoms with van der Waals surface area (Å²) < 4.78 is 0. The van der Waals surface area contributed by atoms with Crippen LogP contribution in [0.4, 0.5) is 0 Å². The van der Waals surface area contributed by atoms with Gasteiger partial charge in [-0.1, -0.05) is 0 Å². The number of carbonyl (C=O) groups is 1. The molecule has 8 nitrogen and oxygen atoms in total. The number of amides is 1.